The second kappa shape index (κ2) is 8.15. The molecule has 0 unspecified atom stereocenters. The van der Waals surface area contributed by atoms with Gasteiger partial charge in [-0.1, -0.05) is 12.1 Å². The summed E-state index contributed by atoms with van der Waals surface area (Å²) >= 11 is 0.471. The predicted octanol–water partition coefficient (Wildman–Crippen LogP) is 6.29. The summed E-state index contributed by atoms with van der Waals surface area (Å²) in [5, 5.41) is 1.66. The molecule has 3 rings (SSSR count). The maximum absolute atomic E-state index is 13.4. The average molecular weight is 485 g/mol. The highest BCUT2D eigenvalue weighted by Gasteiger charge is 2.41. The highest BCUT2D eigenvalue weighted by molar-refractivity contribution is 7.09. The molecule has 1 amide bonds. The van der Waals surface area contributed by atoms with Gasteiger partial charge in [0.05, 0.1) is 17.5 Å². The summed E-state index contributed by atoms with van der Waals surface area (Å²) < 4.78 is 113. The van der Waals surface area contributed by atoms with Crippen LogP contribution < -0.4 is 5.32 Å². The second-order valence-electron chi connectivity index (χ2n) is 6.65. The lowest BCUT2D eigenvalue weighted by Crippen LogP contribution is -2.17. The number of amides is 1. The Kier molecular flexibility index (Phi) is 6.02. The number of furan rings is 1. The van der Waals surface area contributed by atoms with Crippen molar-refractivity contribution in [3.05, 3.63) is 53.0 Å². The van der Waals surface area contributed by atoms with Gasteiger partial charge in [-0.15, -0.1) is 0 Å². The molecule has 0 saturated carbocycles. The van der Waals surface area contributed by atoms with E-state index in [1.807, 2.05) is 5.32 Å². The fraction of sp³-hybridized carbons (Fsp3) is 0.278. The van der Waals surface area contributed by atoms with Gasteiger partial charge >= 0.3 is 12.4 Å². The number of carbonyl (C=O) groups is 1. The van der Waals surface area contributed by atoms with Gasteiger partial charge in [0, 0.05) is 17.1 Å². The maximum Gasteiger partial charge on any atom is 0.450 e. The number of hydrogen-bond donors (Lipinski definition) is 1. The zero-order valence-electron chi connectivity index (χ0n) is 15.7. The number of nitrogens with zero attached hydrogens (tertiary/aromatic N) is 2. The van der Waals surface area contributed by atoms with Crippen molar-refractivity contribution < 1.29 is 44.3 Å². The summed E-state index contributed by atoms with van der Waals surface area (Å²) in [5.74, 6) is -7.20. The molecule has 0 aliphatic carbocycles. The Balaban J connectivity index is 1.93. The molecule has 0 spiro atoms. The highest BCUT2D eigenvalue weighted by Crippen LogP contribution is 2.39. The van der Waals surface area contributed by atoms with E-state index in [4.69, 9.17) is 0 Å². The number of aromatic nitrogens is 2. The third kappa shape index (κ3) is 5.60. The lowest BCUT2D eigenvalue weighted by atomic mass is 10.1. The van der Waals surface area contributed by atoms with Crippen LogP contribution in [0.1, 0.15) is 34.4 Å². The number of carbonyl (C=O) groups excluding carboxylic acids is 1. The normalized spacial score (nSPS) is 12.8. The predicted molar refractivity (Wildman–Crippen MR) is 96.3 cm³/mol. The Morgan fingerprint density at radius 1 is 1.06 bits per heavy atom. The fourth-order valence-corrected chi connectivity index (χ4v) is 3.16. The van der Waals surface area contributed by atoms with E-state index in [1.54, 1.807) is 0 Å². The number of nitrogens with one attached hydrogen (secondary N) is 1. The van der Waals surface area contributed by atoms with E-state index in [-0.39, 0.29) is 16.5 Å². The molecule has 1 aromatic carbocycles. The Labute approximate surface area is 178 Å². The molecule has 32 heavy (non-hydrogen) atoms. The molecule has 0 aliphatic heterocycles. The maximum atomic E-state index is 13.4. The van der Waals surface area contributed by atoms with Crippen LogP contribution in [0.2, 0.25) is 0 Å². The number of benzene rings is 1. The van der Waals surface area contributed by atoms with Crippen LogP contribution in [-0.2, 0) is 18.8 Å². The molecule has 0 aliphatic rings. The Morgan fingerprint density at radius 2 is 1.75 bits per heavy atom. The van der Waals surface area contributed by atoms with Crippen molar-refractivity contribution in [1.29, 1.82) is 0 Å². The van der Waals surface area contributed by atoms with Gasteiger partial charge in [-0.05, 0) is 25.1 Å². The summed E-state index contributed by atoms with van der Waals surface area (Å²) in [4.78, 5) is 16.0. The van der Waals surface area contributed by atoms with Crippen molar-refractivity contribution in [3.63, 3.8) is 0 Å². The van der Waals surface area contributed by atoms with Crippen molar-refractivity contribution in [3.8, 4) is 11.3 Å². The molecule has 2 heterocycles. The molecule has 0 bridgehead atoms. The minimum Gasteiger partial charge on any atom is -0.451 e. The van der Waals surface area contributed by atoms with Crippen molar-refractivity contribution in [2.75, 3.05) is 5.32 Å². The molecular formula is C18H11F8N3O2S. The SMILES string of the molecule is CC(F)(F)Cc1nsc(NC(=O)c2cc(-c3cccc(C(F)(F)F)c3)oc2C(F)(F)F)n1. The summed E-state index contributed by atoms with van der Waals surface area (Å²) in [7, 11) is 0. The smallest absolute Gasteiger partial charge is 0.450 e. The summed E-state index contributed by atoms with van der Waals surface area (Å²) in [6, 6.07) is 3.98. The van der Waals surface area contributed by atoms with Crippen molar-refractivity contribution in [2.24, 2.45) is 0 Å². The van der Waals surface area contributed by atoms with Crippen LogP contribution in [0.4, 0.5) is 40.3 Å². The number of rotatable bonds is 5. The second-order valence-corrected chi connectivity index (χ2v) is 7.40. The number of halogens is 8. The van der Waals surface area contributed by atoms with E-state index < -0.39 is 53.3 Å². The molecule has 0 atom stereocenters. The summed E-state index contributed by atoms with van der Waals surface area (Å²) in [6.07, 6.45) is -10.7. The summed E-state index contributed by atoms with van der Waals surface area (Å²) in [6.45, 7) is 0.614. The molecule has 3 aromatic rings. The lowest BCUT2D eigenvalue weighted by molar-refractivity contribution is -0.153. The minimum absolute atomic E-state index is 0.328. The number of alkyl halides is 8. The van der Waals surface area contributed by atoms with Gasteiger partial charge in [0.1, 0.15) is 5.76 Å². The Morgan fingerprint density at radius 3 is 2.34 bits per heavy atom. The first-order valence-corrected chi connectivity index (χ1v) is 9.31. The highest BCUT2D eigenvalue weighted by atomic mass is 32.1. The largest absolute Gasteiger partial charge is 0.451 e. The van der Waals surface area contributed by atoms with E-state index in [0.29, 0.717) is 30.6 Å². The van der Waals surface area contributed by atoms with Crippen molar-refractivity contribution in [2.45, 2.75) is 31.6 Å². The van der Waals surface area contributed by atoms with Crippen LogP contribution in [0.3, 0.4) is 0 Å². The molecule has 2 aromatic heterocycles. The van der Waals surface area contributed by atoms with Gasteiger partial charge in [0.2, 0.25) is 10.9 Å². The molecule has 0 fully saturated rings. The first-order chi connectivity index (χ1) is 14.6. The molecule has 1 N–H and O–H groups in total. The van der Waals surface area contributed by atoms with Gasteiger partial charge in [0.25, 0.3) is 11.8 Å². The van der Waals surface area contributed by atoms with Crippen molar-refractivity contribution in [1.82, 2.24) is 9.36 Å². The van der Waals surface area contributed by atoms with Crippen LogP contribution >= 0.6 is 11.5 Å². The zero-order chi connectivity index (χ0) is 23.9. The first kappa shape index (κ1) is 23.6. The molecule has 5 nitrogen and oxygen atoms in total. The zero-order valence-corrected chi connectivity index (χ0v) is 16.6. The topological polar surface area (TPSA) is 68.0 Å². The van der Waals surface area contributed by atoms with Gasteiger partial charge in [-0.25, -0.2) is 13.8 Å². The van der Waals surface area contributed by atoms with Gasteiger partial charge in [0.15, 0.2) is 5.82 Å². The standard InChI is InChI=1S/C18H11F8N3O2S/c1-16(19,20)7-12-27-15(32-29-12)28-14(30)10-6-11(31-13(10)18(24,25)26)8-3-2-4-9(5-8)17(21,22)23/h2-6H,7H2,1H3,(H,27,28,29,30). The van der Waals surface area contributed by atoms with Gasteiger partial charge in [-0.3, -0.25) is 10.1 Å². The van der Waals surface area contributed by atoms with E-state index >= 15 is 0 Å². The third-order valence-electron chi connectivity index (χ3n) is 3.87. The quantitative estimate of drug-likeness (QED) is 0.432. The van der Waals surface area contributed by atoms with Crippen LogP contribution in [-0.4, -0.2) is 21.2 Å². The van der Waals surface area contributed by atoms with E-state index in [9.17, 15) is 39.9 Å². The third-order valence-corrected chi connectivity index (χ3v) is 4.53. The van der Waals surface area contributed by atoms with Gasteiger partial charge in [-0.2, -0.15) is 30.7 Å². The Bertz CT molecular complexity index is 1130. The van der Waals surface area contributed by atoms with Crippen LogP contribution in [0.15, 0.2) is 34.7 Å². The number of anilines is 1. The molecule has 14 heteroatoms. The lowest BCUT2D eigenvalue weighted by Gasteiger charge is -2.07. The molecule has 172 valence electrons. The van der Waals surface area contributed by atoms with E-state index in [1.165, 1.54) is 0 Å². The molecule has 0 radical (unpaired) electrons. The van der Waals surface area contributed by atoms with E-state index in [2.05, 4.69) is 13.8 Å². The van der Waals surface area contributed by atoms with Crippen LogP contribution in [0.5, 0.6) is 0 Å². The minimum atomic E-state index is -5.15. The fourth-order valence-electron chi connectivity index (χ4n) is 2.58. The summed E-state index contributed by atoms with van der Waals surface area (Å²) in [5.41, 5.74) is -2.49. The van der Waals surface area contributed by atoms with Crippen molar-refractivity contribution >= 4 is 22.6 Å². The Hall–Kier alpha value is -3.03. The van der Waals surface area contributed by atoms with E-state index in [0.717, 1.165) is 18.2 Å². The average Bonchev–Trinajstić information content (AvgIpc) is 3.26. The monoisotopic (exact) mass is 485 g/mol. The molecular weight excluding hydrogens is 474 g/mol. The number of hydrogen-bond acceptors (Lipinski definition) is 5. The molecule has 0 saturated heterocycles. The van der Waals surface area contributed by atoms with Crippen LogP contribution in [0.25, 0.3) is 11.3 Å². The van der Waals surface area contributed by atoms with Gasteiger partial charge < -0.3 is 4.42 Å². The van der Waals surface area contributed by atoms with Crippen LogP contribution in [0, 0.1) is 0 Å². The first-order valence-electron chi connectivity index (χ1n) is 8.54.